The standard InChI is InChI=1S/C27H25Cl2N7O3/c1-15-3-4-16(2)36(15)26-21-9-17(28)10-23(25(21)39-33-26)34-8-7-18(12-34)31-27(38)20-6-5-19(11-22(20)29)35-14-30-24(13-37)32-35/h3-6,9-11,14,18,37H,7-8,12-13H2,1-2H3,(H,31,38). The molecule has 1 saturated heterocycles. The van der Waals surface area contributed by atoms with Gasteiger partial charge in [-0.3, -0.25) is 9.36 Å². The smallest absolute Gasteiger partial charge is 0.253 e. The van der Waals surface area contributed by atoms with Crippen molar-refractivity contribution in [2.75, 3.05) is 18.0 Å². The monoisotopic (exact) mass is 565 g/mol. The average molecular weight is 566 g/mol. The van der Waals surface area contributed by atoms with Crippen molar-refractivity contribution < 1.29 is 14.4 Å². The van der Waals surface area contributed by atoms with Crippen LogP contribution in [-0.2, 0) is 6.61 Å². The second-order valence-electron chi connectivity index (χ2n) is 9.59. The van der Waals surface area contributed by atoms with Gasteiger partial charge in [-0.1, -0.05) is 28.4 Å². The van der Waals surface area contributed by atoms with Gasteiger partial charge in [0.05, 0.1) is 27.3 Å². The molecule has 2 aromatic carbocycles. The van der Waals surface area contributed by atoms with Crippen LogP contribution in [0.15, 0.2) is 53.3 Å². The number of benzene rings is 2. The Bertz CT molecular complexity index is 1690. The Labute approximate surface area is 233 Å². The van der Waals surface area contributed by atoms with Crippen molar-refractivity contribution >= 4 is 45.8 Å². The Hall–Kier alpha value is -3.86. The summed E-state index contributed by atoms with van der Waals surface area (Å²) in [5.74, 6) is 0.742. The molecule has 0 saturated carbocycles. The van der Waals surface area contributed by atoms with Crippen molar-refractivity contribution in [2.24, 2.45) is 0 Å². The van der Waals surface area contributed by atoms with Crippen LogP contribution in [0.4, 0.5) is 5.69 Å². The first-order valence-electron chi connectivity index (χ1n) is 12.4. The molecule has 1 unspecified atom stereocenters. The summed E-state index contributed by atoms with van der Waals surface area (Å²) in [6.45, 7) is 5.08. The highest BCUT2D eigenvalue weighted by atomic mass is 35.5. The number of aryl methyl sites for hydroxylation is 2. The summed E-state index contributed by atoms with van der Waals surface area (Å²) in [6, 6.07) is 12.8. The van der Waals surface area contributed by atoms with E-state index in [-0.39, 0.29) is 18.6 Å². The lowest BCUT2D eigenvalue weighted by Gasteiger charge is -2.19. The van der Waals surface area contributed by atoms with Gasteiger partial charge >= 0.3 is 0 Å². The number of nitrogens with zero attached hydrogens (tertiary/aromatic N) is 6. The van der Waals surface area contributed by atoms with Crippen molar-refractivity contribution in [1.29, 1.82) is 0 Å². The first-order chi connectivity index (χ1) is 18.8. The first kappa shape index (κ1) is 25.4. The number of anilines is 1. The quantitative estimate of drug-likeness (QED) is 0.308. The molecule has 4 heterocycles. The molecule has 12 heteroatoms. The lowest BCUT2D eigenvalue weighted by Crippen LogP contribution is -2.37. The molecule has 0 spiro atoms. The number of aliphatic hydroxyl groups is 1. The fourth-order valence-electron chi connectivity index (χ4n) is 5.06. The molecule has 10 nitrogen and oxygen atoms in total. The van der Waals surface area contributed by atoms with E-state index in [0.29, 0.717) is 51.6 Å². The van der Waals surface area contributed by atoms with Crippen LogP contribution in [0, 0.1) is 13.8 Å². The number of halogens is 2. The fraction of sp³-hybridized carbons (Fsp3) is 0.259. The SMILES string of the molecule is Cc1ccc(C)n1-c1noc2c(N3CCC(NC(=O)c4ccc(-n5cnc(CO)n5)cc4Cl)C3)cc(Cl)cc12. The average Bonchev–Trinajstić information content (AvgIpc) is 3.71. The van der Waals surface area contributed by atoms with E-state index in [2.05, 4.69) is 25.5 Å². The molecule has 1 atom stereocenters. The van der Waals surface area contributed by atoms with Crippen LogP contribution in [0.3, 0.4) is 0 Å². The molecule has 0 radical (unpaired) electrons. The lowest BCUT2D eigenvalue weighted by atomic mass is 10.1. The van der Waals surface area contributed by atoms with Crippen LogP contribution >= 0.6 is 23.2 Å². The number of amides is 1. The highest BCUT2D eigenvalue weighted by Gasteiger charge is 2.28. The molecule has 39 heavy (non-hydrogen) atoms. The Morgan fingerprint density at radius 2 is 1.95 bits per heavy atom. The molecule has 2 N–H and O–H groups in total. The van der Waals surface area contributed by atoms with Crippen molar-refractivity contribution in [1.82, 2.24) is 29.8 Å². The molecule has 5 aromatic rings. The van der Waals surface area contributed by atoms with Gasteiger partial charge in [0.1, 0.15) is 12.9 Å². The van der Waals surface area contributed by atoms with Crippen molar-refractivity contribution in [2.45, 2.75) is 32.9 Å². The fourth-order valence-corrected chi connectivity index (χ4v) is 5.54. The highest BCUT2D eigenvalue weighted by molar-refractivity contribution is 6.34. The number of aliphatic hydroxyl groups excluding tert-OH is 1. The zero-order valence-corrected chi connectivity index (χ0v) is 22.7. The van der Waals surface area contributed by atoms with E-state index < -0.39 is 0 Å². The topological polar surface area (TPSA) is 114 Å². The number of hydrogen-bond acceptors (Lipinski definition) is 7. The maximum Gasteiger partial charge on any atom is 0.253 e. The van der Waals surface area contributed by atoms with Gasteiger partial charge in [0.2, 0.25) is 0 Å². The Morgan fingerprint density at radius 3 is 2.67 bits per heavy atom. The summed E-state index contributed by atoms with van der Waals surface area (Å²) in [5.41, 5.74) is 4.60. The normalized spacial score (nSPS) is 15.4. The summed E-state index contributed by atoms with van der Waals surface area (Å²) in [7, 11) is 0. The molecule has 200 valence electrons. The second kappa shape index (κ2) is 10.0. The zero-order chi connectivity index (χ0) is 27.3. The van der Waals surface area contributed by atoms with E-state index in [1.54, 1.807) is 18.2 Å². The van der Waals surface area contributed by atoms with E-state index >= 15 is 0 Å². The van der Waals surface area contributed by atoms with E-state index in [4.69, 9.17) is 27.7 Å². The minimum atomic E-state index is -0.260. The van der Waals surface area contributed by atoms with E-state index in [9.17, 15) is 9.90 Å². The van der Waals surface area contributed by atoms with Gasteiger partial charge in [-0.15, -0.1) is 5.10 Å². The molecule has 0 aliphatic carbocycles. The number of hydrogen-bond donors (Lipinski definition) is 2. The van der Waals surface area contributed by atoms with Gasteiger partial charge in [-0.2, -0.15) is 0 Å². The van der Waals surface area contributed by atoms with E-state index in [1.807, 2.05) is 42.7 Å². The summed E-state index contributed by atoms with van der Waals surface area (Å²) in [4.78, 5) is 19.2. The molecule has 1 aliphatic rings. The highest BCUT2D eigenvalue weighted by Crippen LogP contribution is 2.36. The third-order valence-corrected chi connectivity index (χ3v) is 7.52. The number of aromatic nitrogens is 5. The largest absolute Gasteiger partial charge is 0.388 e. The van der Waals surface area contributed by atoms with Crippen LogP contribution in [-0.4, -0.2) is 54.6 Å². The minimum Gasteiger partial charge on any atom is -0.388 e. The summed E-state index contributed by atoms with van der Waals surface area (Å²) < 4.78 is 9.38. The maximum absolute atomic E-state index is 13.1. The van der Waals surface area contributed by atoms with Gasteiger partial charge in [0.15, 0.2) is 17.2 Å². The van der Waals surface area contributed by atoms with Crippen LogP contribution in [0.2, 0.25) is 10.0 Å². The number of nitrogens with one attached hydrogen (secondary N) is 1. The van der Waals surface area contributed by atoms with E-state index in [1.165, 1.54) is 11.0 Å². The van der Waals surface area contributed by atoms with Gasteiger partial charge in [-0.25, -0.2) is 9.67 Å². The molecule has 6 rings (SSSR count). The molecular formula is C27H25Cl2N7O3. The van der Waals surface area contributed by atoms with Crippen LogP contribution in [0.25, 0.3) is 22.5 Å². The Kier molecular flexibility index (Phi) is 6.54. The summed E-state index contributed by atoms with van der Waals surface area (Å²) in [6.07, 6.45) is 2.23. The van der Waals surface area contributed by atoms with Crippen molar-refractivity contribution in [3.8, 4) is 11.5 Å². The van der Waals surface area contributed by atoms with Gasteiger partial charge in [0.25, 0.3) is 5.91 Å². The van der Waals surface area contributed by atoms with Gasteiger partial charge < -0.3 is 19.8 Å². The maximum atomic E-state index is 13.1. The lowest BCUT2D eigenvalue weighted by molar-refractivity contribution is 0.0940. The molecule has 1 amide bonds. The van der Waals surface area contributed by atoms with Crippen molar-refractivity contribution in [3.05, 3.63) is 81.6 Å². The molecule has 1 fully saturated rings. The number of carbonyl (C=O) groups is 1. The second-order valence-corrected chi connectivity index (χ2v) is 10.4. The number of rotatable bonds is 6. The molecular weight excluding hydrogens is 541 g/mol. The Morgan fingerprint density at radius 1 is 1.15 bits per heavy atom. The molecule has 0 bridgehead atoms. The van der Waals surface area contributed by atoms with Crippen LogP contribution in [0.1, 0.15) is 34.0 Å². The predicted molar refractivity (Wildman–Crippen MR) is 148 cm³/mol. The predicted octanol–water partition coefficient (Wildman–Crippen LogP) is 4.62. The Balaban J connectivity index is 1.20. The number of carbonyl (C=O) groups excluding carboxylic acids is 1. The summed E-state index contributed by atoms with van der Waals surface area (Å²) >= 11 is 13.0. The first-order valence-corrected chi connectivity index (χ1v) is 13.2. The van der Waals surface area contributed by atoms with Gasteiger partial charge in [0, 0.05) is 35.5 Å². The summed E-state index contributed by atoms with van der Waals surface area (Å²) in [5, 5.41) is 22.5. The van der Waals surface area contributed by atoms with E-state index in [0.717, 1.165) is 28.9 Å². The third kappa shape index (κ3) is 4.64. The van der Waals surface area contributed by atoms with Crippen LogP contribution < -0.4 is 10.2 Å². The number of fused-ring (bicyclic) bond motifs is 1. The molecule has 3 aromatic heterocycles. The third-order valence-electron chi connectivity index (χ3n) is 6.99. The van der Waals surface area contributed by atoms with Gasteiger partial charge in [-0.05, 0) is 62.7 Å². The molecule has 1 aliphatic heterocycles. The van der Waals surface area contributed by atoms with Crippen molar-refractivity contribution in [3.63, 3.8) is 0 Å². The zero-order valence-electron chi connectivity index (χ0n) is 21.2. The minimum absolute atomic E-state index is 0.0963. The van der Waals surface area contributed by atoms with Crippen LogP contribution in [0.5, 0.6) is 0 Å².